The van der Waals surface area contributed by atoms with Gasteiger partial charge in [0.05, 0.1) is 0 Å². The van der Waals surface area contributed by atoms with Crippen molar-refractivity contribution in [3.05, 3.63) is 16.4 Å². The molecule has 0 aromatic carbocycles. The molecule has 7 nitrogen and oxygen atoms in total. The molecule has 0 radical (unpaired) electrons. The normalized spacial score (nSPS) is 11.5. The molecule has 0 aliphatic carbocycles. The fourth-order valence-electron chi connectivity index (χ4n) is 0.813. The van der Waals surface area contributed by atoms with E-state index in [-0.39, 0.29) is 0 Å². The highest BCUT2D eigenvalue weighted by molar-refractivity contribution is 7.86. The van der Waals surface area contributed by atoms with Gasteiger partial charge in [-0.05, 0) is 9.91 Å². The first-order valence-corrected chi connectivity index (χ1v) is 4.32. The monoisotopic (exact) mass is 209 g/mol. The lowest BCUT2D eigenvalue weighted by molar-refractivity contribution is -0.392. The zero-order valence-corrected chi connectivity index (χ0v) is 7.15. The summed E-state index contributed by atoms with van der Waals surface area (Å²) >= 11 is 0. The number of rotatable bonds is 2. The number of nitrogens with zero attached hydrogens (tertiary/aromatic N) is 3. The zero-order chi connectivity index (χ0) is 10.2. The molecule has 0 bridgehead atoms. The number of halogens is 1. The van der Waals surface area contributed by atoms with Crippen molar-refractivity contribution in [1.82, 2.24) is 9.55 Å². The maximum absolute atomic E-state index is 12.4. The van der Waals surface area contributed by atoms with Crippen molar-refractivity contribution in [3.8, 4) is 0 Å². The van der Waals surface area contributed by atoms with Gasteiger partial charge in [0, 0.05) is 7.05 Å². The zero-order valence-electron chi connectivity index (χ0n) is 6.34. The van der Waals surface area contributed by atoms with E-state index in [1.165, 1.54) is 0 Å². The van der Waals surface area contributed by atoms with Crippen molar-refractivity contribution in [2.75, 3.05) is 0 Å². The van der Waals surface area contributed by atoms with Crippen LogP contribution in [0.25, 0.3) is 0 Å². The molecule has 0 aliphatic rings. The maximum Gasteiger partial charge on any atom is 0.404 e. The minimum atomic E-state index is -5.11. The van der Waals surface area contributed by atoms with Crippen molar-refractivity contribution in [1.29, 1.82) is 0 Å². The summed E-state index contributed by atoms with van der Waals surface area (Å²) in [4.78, 5) is 12.2. The topological polar surface area (TPSA) is 95.1 Å². The van der Waals surface area contributed by atoms with Crippen LogP contribution in [-0.2, 0) is 17.3 Å². The molecule has 0 saturated heterocycles. The molecule has 0 fully saturated rings. The fraction of sp³-hybridized carbons (Fsp3) is 0.250. The van der Waals surface area contributed by atoms with Crippen LogP contribution in [0.1, 0.15) is 0 Å². The number of hydrogen-bond acceptors (Lipinski definition) is 5. The number of nitro groups is 1. The molecular formula is C4H4FN3O4S. The van der Waals surface area contributed by atoms with Crippen molar-refractivity contribution in [3.63, 3.8) is 0 Å². The predicted molar refractivity (Wildman–Crippen MR) is 38.2 cm³/mol. The van der Waals surface area contributed by atoms with Gasteiger partial charge in [-0.3, -0.25) is 4.57 Å². The van der Waals surface area contributed by atoms with Crippen LogP contribution in [-0.4, -0.2) is 22.9 Å². The van der Waals surface area contributed by atoms with Crippen LogP contribution >= 0.6 is 0 Å². The number of hydrogen-bond donors (Lipinski definition) is 0. The van der Waals surface area contributed by atoms with Crippen molar-refractivity contribution < 1.29 is 17.2 Å². The smallest absolute Gasteiger partial charge is 0.358 e. The second kappa shape index (κ2) is 2.76. The molecule has 0 spiro atoms. The van der Waals surface area contributed by atoms with Gasteiger partial charge in [-0.25, -0.2) is 0 Å². The summed E-state index contributed by atoms with van der Waals surface area (Å²) in [6, 6.07) is 0. The first-order chi connectivity index (χ1) is 5.84. The molecule has 0 unspecified atom stereocenters. The molecule has 0 amide bonds. The molecular weight excluding hydrogens is 205 g/mol. The van der Waals surface area contributed by atoms with Gasteiger partial charge >= 0.3 is 16.0 Å². The van der Waals surface area contributed by atoms with Gasteiger partial charge in [0.2, 0.25) is 6.33 Å². The molecule has 1 rings (SSSR count). The third-order valence-electron chi connectivity index (χ3n) is 1.27. The third kappa shape index (κ3) is 1.64. The molecule has 9 heteroatoms. The maximum atomic E-state index is 12.4. The second-order valence-electron chi connectivity index (χ2n) is 2.18. The highest BCUT2D eigenvalue weighted by Crippen LogP contribution is 2.22. The Morgan fingerprint density at radius 2 is 2.23 bits per heavy atom. The average Bonchev–Trinajstić information content (AvgIpc) is 2.28. The van der Waals surface area contributed by atoms with E-state index in [2.05, 4.69) is 4.98 Å². The number of aromatic nitrogens is 2. The average molecular weight is 209 g/mol. The molecule has 13 heavy (non-hydrogen) atoms. The largest absolute Gasteiger partial charge is 0.404 e. The van der Waals surface area contributed by atoms with Crippen molar-refractivity contribution >= 4 is 16.0 Å². The Balaban J connectivity index is 3.51. The summed E-state index contributed by atoms with van der Waals surface area (Å²) < 4.78 is 34.0. The van der Waals surface area contributed by atoms with Gasteiger partial charge in [-0.1, -0.05) is 3.89 Å². The minimum absolute atomic E-state index is 0.730. The summed E-state index contributed by atoms with van der Waals surface area (Å²) in [6.07, 6.45) is 0.852. The summed E-state index contributed by atoms with van der Waals surface area (Å²) in [5.41, 5.74) is 0. The Bertz CT molecular complexity index is 450. The lowest BCUT2D eigenvalue weighted by atomic mass is 10.8. The lowest BCUT2D eigenvalue weighted by Crippen LogP contribution is -2.03. The van der Waals surface area contributed by atoms with Gasteiger partial charge < -0.3 is 10.1 Å². The highest BCUT2D eigenvalue weighted by atomic mass is 32.3. The number of imidazole rings is 1. The summed E-state index contributed by atoms with van der Waals surface area (Å²) in [7, 11) is -3.96. The van der Waals surface area contributed by atoms with Crippen LogP contribution in [0.4, 0.5) is 9.70 Å². The Morgan fingerprint density at radius 3 is 2.54 bits per heavy atom. The Morgan fingerprint density at radius 1 is 1.69 bits per heavy atom. The molecule has 1 heterocycles. The van der Waals surface area contributed by atoms with Gasteiger partial charge in [0.1, 0.15) is 0 Å². The number of aryl methyl sites for hydroxylation is 1. The van der Waals surface area contributed by atoms with Crippen LogP contribution in [0.3, 0.4) is 0 Å². The first kappa shape index (κ1) is 9.58. The van der Waals surface area contributed by atoms with Gasteiger partial charge in [-0.15, -0.1) is 0 Å². The van der Waals surface area contributed by atoms with Gasteiger partial charge in [0.25, 0.3) is 5.03 Å². The van der Waals surface area contributed by atoms with Crippen LogP contribution in [0.5, 0.6) is 0 Å². The minimum Gasteiger partial charge on any atom is -0.358 e. The lowest BCUT2D eigenvalue weighted by Gasteiger charge is -1.94. The van der Waals surface area contributed by atoms with Crippen molar-refractivity contribution in [2.45, 2.75) is 5.03 Å². The Labute approximate surface area is 72.2 Å². The summed E-state index contributed by atoms with van der Waals surface area (Å²) in [6.45, 7) is 0. The molecule has 0 atom stereocenters. The van der Waals surface area contributed by atoms with E-state index in [1.54, 1.807) is 0 Å². The van der Waals surface area contributed by atoms with E-state index in [0.717, 1.165) is 17.9 Å². The molecule has 1 aromatic heterocycles. The van der Waals surface area contributed by atoms with E-state index in [1.807, 2.05) is 0 Å². The SMILES string of the molecule is Cn1cnc([N+](=O)[O-])c1S(=O)(=O)F. The van der Waals surface area contributed by atoms with Crippen LogP contribution in [0.15, 0.2) is 11.4 Å². The predicted octanol–water partition coefficient (Wildman–Crippen LogP) is -0.0135. The molecule has 0 saturated carbocycles. The van der Waals surface area contributed by atoms with Crippen LogP contribution < -0.4 is 0 Å². The molecule has 0 aliphatic heterocycles. The quantitative estimate of drug-likeness (QED) is 0.387. The molecule has 72 valence electrons. The van der Waals surface area contributed by atoms with Gasteiger partial charge in [0.15, 0.2) is 0 Å². The first-order valence-electron chi connectivity index (χ1n) is 2.94. The summed E-state index contributed by atoms with van der Waals surface area (Å²) in [5, 5.41) is 9.14. The standard InChI is InChI=1S/C4H4FN3O4S/c1-7-2-6-3(8(9)10)4(7)13(5,11)12/h2H,1H3. The van der Waals surface area contributed by atoms with Crippen LogP contribution in [0, 0.1) is 10.1 Å². The third-order valence-corrected chi connectivity index (χ3v) is 2.20. The van der Waals surface area contributed by atoms with Crippen LogP contribution in [0.2, 0.25) is 0 Å². The summed E-state index contributed by atoms with van der Waals surface area (Å²) in [5.74, 6) is -1.01. The van der Waals surface area contributed by atoms with Gasteiger partial charge in [-0.2, -0.15) is 8.42 Å². The van der Waals surface area contributed by atoms with E-state index < -0.39 is 26.0 Å². The molecule has 0 N–H and O–H groups in total. The van der Waals surface area contributed by atoms with E-state index in [0.29, 0.717) is 0 Å². The second-order valence-corrected chi connectivity index (χ2v) is 3.44. The van der Waals surface area contributed by atoms with Crippen molar-refractivity contribution in [2.24, 2.45) is 7.05 Å². The Hall–Kier alpha value is -1.51. The molecule has 1 aromatic rings. The fourth-order valence-corrected chi connectivity index (χ4v) is 1.55. The van der Waals surface area contributed by atoms with E-state index in [4.69, 9.17) is 0 Å². The van der Waals surface area contributed by atoms with E-state index in [9.17, 15) is 22.4 Å². The van der Waals surface area contributed by atoms with E-state index >= 15 is 0 Å². The Kier molecular flexibility index (Phi) is 2.04. The highest BCUT2D eigenvalue weighted by Gasteiger charge is 2.31.